The van der Waals surface area contributed by atoms with Crippen LogP contribution in [-0.2, 0) is 11.2 Å². The second kappa shape index (κ2) is 5.88. The third kappa shape index (κ3) is 2.56. The van der Waals surface area contributed by atoms with E-state index in [1.54, 1.807) is 15.9 Å². The van der Waals surface area contributed by atoms with E-state index in [9.17, 15) is 9.59 Å². The zero-order chi connectivity index (χ0) is 16.5. The number of fused-ring (bicyclic) bond motifs is 1. The number of nitrogens with one attached hydrogen (secondary N) is 1. The summed E-state index contributed by atoms with van der Waals surface area (Å²) >= 11 is 0. The fraction of sp³-hybridized carbons (Fsp3) is 0.222. The predicted molar refractivity (Wildman–Crippen MR) is 91.6 cm³/mol. The summed E-state index contributed by atoms with van der Waals surface area (Å²) in [5.41, 5.74) is 3.51. The maximum Gasteiger partial charge on any atom is 0.414 e. The topological polar surface area (TPSA) is 61.9 Å². The Morgan fingerprint density at radius 1 is 1.08 bits per heavy atom. The molecule has 6 heteroatoms. The van der Waals surface area contributed by atoms with Gasteiger partial charge in [-0.05, 0) is 36.2 Å². The van der Waals surface area contributed by atoms with Gasteiger partial charge in [0.1, 0.15) is 6.61 Å². The van der Waals surface area contributed by atoms with Gasteiger partial charge >= 0.3 is 12.1 Å². The number of cyclic esters (lactones) is 1. The maximum absolute atomic E-state index is 12.6. The molecule has 0 radical (unpaired) electrons. The third-order valence-corrected chi connectivity index (χ3v) is 4.30. The van der Waals surface area contributed by atoms with Gasteiger partial charge in [-0.2, -0.15) is 0 Å². The minimum Gasteiger partial charge on any atom is -0.447 e. The van der Waals surface area contributed by atoms with Gasteiger partial charge in [0.05, 0.1) is 6.54 Å². The van der Waals surface area contributed by atoms with E-state index in [4.69, 9.17) is 4.74 Å². The molecule has 0 saturated carbocycles. The van der Waals surface area contributed by atoms with E-state index in [0.29, 0.717) is 25.4 Å². The van der Waals surface area contributed by atoms with Crippen LogP contribution in [0.3, 0.4) is 0 Å². The van der Waals surface area contributed by atoms with Crippen LogP contribution in [0.15, 0.2) is 48.5 Å². The first-order valence-electron chi connectivity index (χ1n) is 7.93. The number of carbonyl (C=O) groups is 2. The number of para-hydroxylation sites is 1. The van der Waals surface area contributed by atoms with Crippen LogP contribution in [0.1, 0.15) is 5.56 Å². The standard InChI is InChI=1S/C18H17N3O3/c22-17(21-9-8-13-4-1-2-7-16(13)21)19-14-5-3-6-15(12-14)20-10-11-24-18(20)23/h1-7,12H,8-11H2,(H,19,22). The molecule has 6 nitrogen and oxygen atoms in total. The molecule has 0 atom stereocenters. The normalized spacial score (nSPS) is 16.1. The van der Waals surface area contributed by atoms with Crippen LogP contribution in [0.5, 0.6) is 0 Å². The van der Waals surface area contributed by atoms with E-state index in [2.05, 4.69) is 5.32 Å². The van der Waals surface area contributed by atoms with E-state index < -0.39 is 0 Å². The molecule has 1 N–H and O–H groups in total. The summed E-state index contributed by atoms with van der Waals surface area (Å²) < 4.78 is 4.95. The number of carbonyl (C=O) groups excluding carboxylic acids is 2. The second-order valence-electron chi connectivity index (χ2n) is 5.78. The Labute approximate surface area is 139 Å². The number of hydrogen-bond donors (Lipinski definition) is 1. The van der Waals surface area contributed by atoms with Gasteiger partial charge in [-0.1, -0.05) is 24.3 Å². The van der Waals surface area contributed by atoms with Crippen LogP contribution in [0.2, 0.25) is 0 Å². The van der Waals surface area contributed by atoms with E-state index in [1.807, 2.05) is 42.5 Å². The lowest BCUT2D eigenvalue weighted by Gasteiger charge is -2.19. The number of rotatable bonds is 2. The molecule has 0 spiro atoms. The van der Waals surface area contributed by atoms with Crippen molar-refractivity contribution in [3.63, 3.8) is 0 Å². The number of urea groups is 1. The van der Waals surface area contributed by atoms with Gasteiger partial charge in [-0.3, -0.25) is 9.80 Å². The number of hydrogen-bond acceptors (Lipinski definition) is 3. The van der Waals surface area contributed by atoms with Crippen LogP contribution in [0.25, 0.3) is 0 Å². The average Bonchev–Trinajstić information content (AvgIpc) is 3.21. The lowest BCUT2D eigenvalue weighted by molar-refractivity contribution is 0.181. The quantitative estimate of drug-likeness (QED) is 0.923. The van der Waals surface area contributed by atoms with Crippen molar-refractivity contribution in [2.45, 2.75) is 6.42 Å². The Balaban J connectivity index is 1.52. The maximum atomic E-state index is 12.6. The smallest absolute Gasteiger partial charge is 0.414 e. The average molecular weight is 323 g/mol. The molecule has 0 aromatic heterocycles. The van der Waals surface area contributed by atoms with Crippen LogP contribution >= 0.6 is 0 Å². The second-order valence-corrected chi connectivity index (χ2v) is 5.78. The van der Waals surface area contributed by atoms with Crippen molar-refractivity contribution in [3.05, 3.63) is 54.1 Å². The van der Waals surface area contributed by atoms with E-state index in [0.717, 1.165) is 17.8 Å². The first-order valence-corrected chi connectivity index (χ1v) is 7.93. The fourth-order valence-corrected chi connectivity index (χ4v) is 3.12. The fourth-order valence-electron chi connectivity index (χ4n) is 3.12. The van der Waals surface area contributed by atoms with Gasteiger partial charge in [0, 0.05) is 23.6 Å². The molecule has 2 heterocycles. The zero-order valence-corrected chi connectivity index (χ0v) is 13.1. The summed E-state index contributed by atoms with van der Waals surface area (Å²) in [4.78, 5) is 27.5. The molecule has 2 aliphatic rings. The molecule has 24 heavy (non-hydrogen) atoms. The highest BCUT2D eigenvalue weighted by molar-refractivity contribution is 6.03. The Morgan fingerprint density at radius 3 is 2.79 bits per heavy atom. The molecule has 0 bridgehead atoms. The summed E-state index contributed by atoms with van der Waals surface area (Å²) in [6, 6.07) is 15.0. The highest BCUT2D eigenvalue weighted by atomic mass is 16.6. The Kier molecular flexibility index (Phi) is 3.57. The SMILES string of the molecule is O=C1OCCN1c1cccc(NC(=O)N2CCc3ccccc32)c1. The lowest BCUT2D eigenvalue weighted by atomic mass is 10.2. The van der Waals surface area contributed by atoms with Gasteiger partial charge in [-0.25, -0.2) is 9.59 Å². The lowest BCUT2D eigenvalue weighted by Crippen LogP contribution is -2.33. The van der Waals surface area contributed by atoms with Gasteiger partial charge in [0.2, 0.25) is 0 Å². The molecule has 122 valence electrons. The molecule has 3 amide bonds. The zero-order valence-electron chi connectivity index (χ0n) is 13.1. The summed E-state index contributed by atoms with van der Waals surface area (Å²) in [7, 11) is 0. The van der Waals surface area contributed by atoms with Gasteiger partial charge in [0.25, 0.3) is 0 Å². The number of benzene rings is 2. The van der Waals surface area contributed by atoms with Crippen LogP contribution in [0, 0.1) is 0 Å². The predicted octanol–water partition coefficient (Wildman–Crippen LogP) is 3.24. The number of amides is 3. The van der Waals surface area contributed by atoms with Crippen molar-refractivity contribution >= 4 is 29.2 Å². The molecule has 0 aliphatic carbocycles. The van der Waals surface area contributed by atoms with Gasteiger partial charge in [0.15, 0.2) is 0 Å². The summed E-state index contributed by atoms with van der Waals surface area (Å²) in [5.74, 6) is 0. The molecule has 1 saturated heterocycles. The third-order valence-electron chi connectivity index (χ3n) is 4.30. The number of anilines is 3. The van der Waals surface area contributed by atoms with E-state index in [1.165, 1.54) is 5.56 Å². The van der Waals surface area contributed by atoms with Gasteiger partial charge < -0.3 is 10.1 Å². The summed E-state index contributed by atoms with van der Waals surface area (Å²) in [6.45, 7) is 1.58. The molecule has 2 aromatic rings. The first-order chi connectivity index (χ1) is 11.7. The van der Waals surface area contributed by atoms with Crippen molar-refractivity contribution < 1.29 is 14.3 Å². The largest absolute Gasteiger partial charge is 0.447 e. The van der Waals surface area contributed by atoms with E-state index >= 15 is 0 Å². The molecule has 1 fully saturated rings. The van der Waals surface area contributed by atoms with Gasteiger partial charge in [-0.15, -0.1) is 0 Å². The monoisotopic (exact) mass is 323 g/mol. The first kappa shape index (κ1) is 14.6. The van der Waals surface area contributed by atoms with E-state index in [-0.39, 0.29) is 12.1 Å². The Morgan fingerprint density at radius 2 is 1.96 bits per heavy atom. The molecule has 4 rings (SSSR count). The minimum absolute atomic E-state index is 0.166. The highest BCUT2D eigenvalue weighted by Gasteiger charge is 2.26. The summed E-state index contributed by atoms with van der Waals surface area (Å²) in [6.07, 6.45) is 0.510. The number of nitrogens with zero attached hydrogens (tertiary/aromatic N) is 2. The Bertz CT molecular complexity index is 806. The van der Waals surface area contributed by atoms with Crippen LogP contribution in [-0.4, -0.2) is 31.8 Å². The van der Waals surface area contributed by atoms with Crippen molar-refractivity contribution in [3.8, 4) is 0 Å². The number of ether oxygens (including phenoxy) is 1. The van der Waals surface area contributed by atoms with Crippen molar-refractivity contribution in [2.75, 3.05) is 34.8 Å². The van der Waals surface area contributed by atoms with Crippen molar-refractivity contribution in [1.82, 2.24) is 0 Å². The van der Waals surface area contributed by atoms with Crippen molar-refractivity contribution in [1.29, 1.82) is 0 Å². The minimum atomic E-state index is -0.355. The molecule has 0 unspecified atom stereocenters. The van der Waals surface area contributed by atoms with Crippen molar-refractivity contribution in [2.24, 2.45) is 0 Å². The Hall–Kier alpha value is -3.02. The van der Waals surface area contributed by atoms with Crippen LogP contribution < -0.4 is 15.1 Å². The highest BCUT2D eigenvalue weighted by Crippen LogP contribution is 2.28. The molecule has 2 aliphatic heterocycles. The molecular weight excluding hydrogens is 306 g/mol. The molecular formula is C18H17N3O3. The van der Waals surface area contributed by atoms with Crippen LogP contribution in [0.4, 0.5) is 26.7 Å². The molecule has 2 aromatic carbocycles. The summed E-state index contributed by atoms with van der Waals surface area (Å²) in [5, 5.41) is 2.91.